The summed E-state index contributed by atoms with van der Waals surface area (Å²) in [5, 5.41) is 6.89. The Bertz CT molecular complexity index is 461. The average molecular weight is 297 g/mol. The number of carbonyl (C=O) groups is 1. The maximum atomic E-state index is 11.6. The van der Waals surface area contributed by atoms with E-state index in [0.717, 1.165) is 31.4 Å². The molecule has 0 bridgehead atoms. The summed E-state index contributed by atoms with van der Waals surface area (Å²) in [5.41, 5.74) is 0.977. The number of nitrogens with one attached hydrogen (secondary N) is 2. The Balaban J connectivity index is 1.89. The van der Waals surface area contributed by atoms with Gasteiger partial charge in [-0.05, 0) is 44.0 Å². The summed E-state index contributed by atoms with van der Waals surface area (Å²) in [6.45, 7) is 3.80. The molecular weight excluding hydrogens is 276 g/mol. The molecule has 0 aliphatic heterocycles. The normalized spacial score (nSPS) is 14.1. The highest BCUT2D eigenvalue weighted by Crippen LogP contribution is 2.23. The van der Waals surface area contributed by atoms with Crippen LogP contribution in [0.3, 0.4) is 0 Å². The molecular formula is C15H21ClN2O2. The lowest BCUT2D eigenvalue weighted by molar-refractivity contribution is -0.123. The Hall–Kier alpha value is -1.26. The zero-order valence-electron chi connectivity index (χ0n) is 11.7. The van der Waals surface area contributed by atoms with Gasteiger partial charge < -0.3 is 15.4 Å². The Morgan fingerprint density at radius 1 is 1.45 bits per heavy atom. The Morgan fingerprint density at radius 2 is 2.25 bits per heavy atom. The summed E-state index contributed by atoms with van der Waals surface area (Å²) in [7, 11) is 0. The lowest BCUT2D eigenvalue weighted by Gasteiger charge is -2.12. The second-order valence-corrected chi connectivity index (χ2v) is 5.50. The van der Waals surface area contributed by atoms with Crippen molar-refractivity contribution in [1.29, 1.82) is 0 Å². The molecule has 2 N–H and O–H groups in total. The van der Waals surface area contributed by atoms with Crippen molar-refractivity contribution in [2.45, 2.75) is 38.8 Å². The van der Waals surface area contributed by atoms with Crippen molar-refractivity contribution in [2.24, 2.45) is 0 Å². The Morgan fingerprint density at radius 3 is 2.95 bits per heavy atom. The van der Waals surface area contributed by atoms with Gasteiger partial charge in [0.15, 0.2) is 6.61 Å². The van der Waals surface area contributed by atoms with Gasteiger partial charge in [-0.1, -0.05) is 18.5 Å². The molecule has 0 spiro atoms. The molecule has 1 aromatic carbocycles. The molecule has 1 saturated carbocycles. The smallest absolute Gasteiger partial charge is 0.258 e. The Labute approximate surface area is 124 Å². The van der Waals surface area contributed by atoms with Gasteiger partial charge in [-0.2, -0.15) is 0 Å². The van der Waals surface area contributed by atoms with Crippen molar-refractivity contribution >= 4 is 17.5 Å². The lowest BCUT2D eigenvalue weighted by Crippen LogP contribution is -2.30. The first-order valence-electron chi connectivity index (χ1n) is 7.10. The maximum absolute atomic E-state index is 11.6. The third-order valence-electron chi connectivity index (χ3n) is 3.07. The SMILES string of the molecule is CCCNCc1cc(Cl)ccc1OCC(=O)NC1CC1. The van der Waals surface area contributed by atoms with E-state index in [1.54, 1.807) is 6.07 Å². The second-order valence-electron chi connectivity index (χ2n) is 5.06. The maximum Gasteiger partial charge on any atom is 0.258 e. The van der Waals surface area contributed by atoms with Crippen LogP contribution in [-0.4, -0.2) is 25.1 Å². The molecule has 0 radical (unpaired) electrons. The molecule has 0 atom stereocenters. The first-order chi connectivity index (χ1) is 9.69. The highest BCUT2D eigenvalue weighted by molar-refractivity contribution is 6.30. The first kappa shape index (κ1) is 15.1. The third kappa shape index (κ3) is 5.02. The van der Waals surface area contributed by atoms with Gasteiger partial charge >= 0.3 is 0 Å². The average Bonchev–Trinajstić information content (AvgIpc) is 3.22. The minimum Gasteiger partial charge on any atom is -0.483 e. The summed E-state index contributed by atoms with van der Waals surface area (Å²) < 4.78 is 5.60. The van der Waals surface area contributed by atoms with Crippen LogP contribution in [-0.2, 0) is 11.3 Å². The van der Waals surface area contributed by atoms with Gasteiger partial charge in [0, 0.05) is 23.2 Å². The number of carbonyl (C=O) groups excluding carboxylic acids is 1. The largest absolute Gasteiger partial charge is 0.483 e. The van der Waals surface area contributed by atoms with Gasteiger partial charge in [-0.15, -0.1) is 0 Å². The molecule has 4 nitrogen and oxygen atoms in total. The van der Waals surface area contributed by atoms with E-state index >= 15 is 0 Å². The van der Waals surface area contributed by atoms with Gasteiger partial charge in [0.25, 0.3) is 5.91 Å². The number of hydrogen-bond acceptors (Lipinski definition) is 3. The molecule has 1 aliphatic carbocycles. The van der Waals surface area contributed by atoms with Crippen molar-refractivity contribution < 1.29 is 9.53 Å². The van der Waals surface area contributed by atoms with Crippen molar-refractivity contribution in [3.63, 3.8) is 0 Å². The van der Waals surface area contributed by atoms with E-state index in [1.807, 2.05) is 12.1 Å². The van der Waals surface area contributed by atoms with Crippen LogP contribution in [0.25, 0.3) is 0 Å². The molecule has 1 aromatic rings. The molecule has 1 aliphatic rings. The molecule has 1 amide bonds. The number of benzene rings is 1. The highest BCUT2D eigenvalue weighted by atomic mass is 35.5. The van der Waals surface area contributed by atoms with Crippen LogP contribution < -0.4 is 15.4 Å². The summed E-state index contributed by atoms with van der Waals surface area (Å²) >= 11 is 6.01. The van der Waals surface area contributed by atoms with E-state index in [9.17, 15) is 4.79 Å². The van der Waals surface area contributed by atoms with Crippen LogP contribution in [0.15, 0.2) is 18.2 Å². The van der Waals surface area contributed by atoms with Gasteiger partial charge in [-0.3, -0.25) is 4.79 Å². The topological polar surface area (TPSA) is 50.4 Å². The van der Waals surface area contributed by atoms with Gasteiger partial charge in [0.2, 0.25) is 0 Å². The van der Waals surface area contributed by atoms with Gasteiger partial charge in [0.05, 0.1) is 0 Å². The fraction of sp³-hybridized carbons (Fsp3) is 0.533. The zero-order valence-corrected chi connectivity index (χ0v) is 12.5. The van der Waals surface area contributed by atoms with Gasteiger partial charge in [-0.25, -0.2) is 0 Å². The summed E-state index contributed by atoms with van der Waals surface area (Å²) in [4.78, 5) is 11.6. The second kappa shape index (κ2) is 7.50. The molecule has 0 aromatic heterocycles. The quantitative estimate of drug-likeness (QED) is 0.725. The number of ether oxygens (including phenoxy) is 1. The monoisotopic (exact) mass is 296 g/mol. The summed E-state index contributed by atoms with van der Waals surface area (Å²) in [6, 6.07) is 5.83. The van der Waals surface area contributed by atoms with E-state index in [4.69, 9.17) is 16.3 Å². The molecule has 0 saturated heterocycles. The van der Waals surface area contributed by atoms with Crippen LogP contribution in [0.2, 0.25) is 5.02 Å². The van der Waals surface area contributed by atoms with E-state index in [-0.39, 0.29) is 12.5 Å². The van der Waals surface area contributed by atoms with Crippen LogP contribution >= 0.6 is 11.6 Å². The predicted molar refractivity (Wildman–Crippen MR) is 80.1 cm³/mol. The van der Waals surface area contributed by atoms with Crippen molar-refractivity contribution in [1.82, 2.24) is 10.6 Å². The van der Waals surface area contributed by atoms with Crippen LogP contribution in [0.4, 0.5) is 0 Å². The Kier molecular flexibility index (Phi) is 5.68. The van der Waals surface area contributed by atoms with E-state index in [1.165, 1.54) is 0 Å². The molecule has 0 heterocycles. The van der Waals surface area contributed by atoms with Crippen LogP contribution in [0.5, 0.6) is 5.75 Å². The highest BCUT2D eigenvalue weighted by Gasteiger charge is 2.23. The number of amides is 1. The lowest BCUT2D eigenvalue weighted by atomic mass is 10.2. The fourth-order valence-corrected chi connectivity index (χ4v) is 2.06. The van der Waals surface area contributed by atoms with E-state index in [2.05, 4.69) is 17.6 Å². The minimum atomic E-state index is -0.0603. The molecule has 20 heavy (non-hydrogen) atoms. The van der Waals surface area contributed by atoms with E-state index < -0.39 is 0 Å². The number of hydrogen-bond donors (Lipinski definition) is 2. The predicted octanol–water partition coefficient (Wildman–Crippen LogP) is 2.50. The standard InChI is InChI=1S/C15H21ClN2O2/c1-2-7-17-9-11-8-12(16)3-6-14(11)20-10-15(19)18-13-4-5-13/h3,6,8,13,17H,2,4-5,7,9-10H2,1H3,(H,18,19). The molecule has 1 fully saturated rings. The third-order valence-corrected chi connectivity index (χ3v) is 3.30. The van der Waals surface area contributed by atoms with Crippen molar-refractivity contribution in [3.05, 3.63) is 28.8 Å². The number of rotatable bonds is 8. The van der Waals surface area contributed by atoms with Gasteiger partial charge in [0.1, 0.15) is 5.75 Å². The fourth-order valence-electron chi connectivity index (χ4n) is 1.87. The summed E-state index contributed by atoms with van der Waals surface area (Å²) in [5.74, 6) is 0.652. The van der Waals surface area contributed by atoms with Crippen molar-refractivity contribution in [3.8, 4) is 5.75 Å². The molecule has 2 rings (SSSR count). The number of halogens is 1. The van der Waals surface area contributed by atoms with E-state index in [0.29, 0.717) is 23.4 Å². The van der Waals surface area contributed by atoms with Crippen LogP contribution in [0, 0.1) is 0 Å². The van der Waals surface area contributed by atoms with Crippen molar-refractivity contribution in [2.75, 3.05) is 13.2 Å². The summed E-state index contributed by atoms with van der Waals surface area (Å²) in [6.07, 6.45) is 3.23. The molecule has 5 heteroatoms. The molecule has 0 unspecified atom stereocenters. The first-order valence-corrected chi connectivity index (χ1v) is 7.48. The molecule has 110 valence electrons. The zero-order chi connectivity index (χ0) is 14.4. The van der Waals surface area contributed by atoms with Crippen LogP contribution in [0.1, 0.15) is 31.7 Å². The minimum absolute atomic E-state index is 0.0545.